The molecule has 0 amide bonds. The predicted molar refractivity (Wildman–Crippen MR) is 316 cm³/mol. The number of hydrogen-bond acceptors (Lipinski definition) is 6. The molecule has 0 radical (unpaired) electrons. The van der Waals surface area contributed by atoms with Gasteiger partial charge >= 0.3 is 17.9 Å². The fraction of sp³-hybridized carbons (Fsp3) is 0.806. The van der Waals surface area contributed by atoms with Gasteiger partial charge in [0.25, 0.3) is 0 Å². The summed E-state index contributed by atoms with van der Waals surface area (Å²) in [4.78, 5) is 38.1. The molecule has 0 aliphatic heterocycles. The Labute approximate surface area is 453 Å². The summed E-state index contributed by atoms with van der Waals surface area (Å²) in [6.45, 7) is 6.55. The van der Waals surface area contributed by atoms with Crippen molar-refractivity contribution in [2.24, 2.45) is 0 Å². The zero-order valence-corrected chi connectivity index (χ0v) is 48.7. The minimum absolute atomic E-state index is 0.0671. The number of hydrogen-bond donors (Lipinski definition) is 0. The lowest BCUT2D eigenvalue weighted by Crippen LogP contribution is -2.30. The molecule has 1 atom stereocenters. The summed E-state index contributed by atoms with van der Waals surface area (Å²) in [5.74, 6) is -0.851. The molecule has 0 aliphatic carbocycles. The summed E-state index contributed by atoms with van der Waals surface area (Å²) in [5.41, 5.74) is 0. The summed E-state index contributed by atoms with van der Waals surface area (Å²) >= 11 is 0. The SMILES string of the molecule is CC/C=C\C/C=C\C/C=C\C/C=C\C/C=C\CCCCCCCCCCCCCCCCCCCC(=O)OCC(COC(=O)CCCCCCCCCCCC)OC(=O)CCCCCCCCCCCCCC. The van der Waals surface area contributed by atoms with Gasteiger partial charge in [-0.05, 0) is 64.2 Å². The lowest BCUT2D eigenvalue weighted by molar-refractivity contribution is -0.167. The van der Waals surface area contributed by atoms with E-state index >= 15 is 0 Å². The molecule has 0 aromatic heterocycles. The average Bonchev–Trinajstić information content (AvgIpc) is 3.39. The van der Waals surface area contributed by atoms with Gasteiger partial charge in [-0.1, -0.05) is 306 Å². The molecule has 0 N–H and O–H groups in total. The van der Waals surface area contributed by atoms with Crippen molar-refractivity contribution < 1.29 is 28.6 Å². The first kappa shape index (κ1) is 70.1. The zero-order chi connectivity index (χ0) is 52.9. The third-order valence-electron chi connectivity index (χ3n) is 14.0. The van der Waals surface area contributed by atoms with Crippen molar-refractivity contribution in [3.05, 3.63) is 60.8 Å². The predicted octanol–water partition coefficient (Wildman–Crippen LogP) is 21.6. The van der Waals surface area contributed by atoms with E-state index in [4.69, 9.17) is 14.2 Å². The number of carbonyl (C=O) groups is 3. The Bertz CT molecular complexity index is 1310. The molecule has 0 bridgehead atoms. The average molecular weight is 1020 g/mol. The highest BCUT2D eigenvalue weighted by molar-refractivity contribution is 5.71. The zero-order valence-electron chi connectivity index (χ0n) is 48.7. The number of carbonyl (C=O) groups excluding carboxylic acids is 3. The van der Waals surface area contributed by atoms with Crippen LogP contribution in [0.2, 0.25) is 0 Å². The molecule has 0 saturated heterocycles. The highest BCUT2D eigenvalue weighted by Crippen LogP contribution is 2.17. The van der Waals surface area contributed by atoms with Crippen LogP contribution in [0.4, 0.5) is 0 Å². The number of allylic oxidation sites excluding steroid dienone is 10. The molecule has 6 nitrogen and oxygen atoms in total. The van der Waals surface area contributed by atoms with Crippen molar-refractivity contribution >= 4 is 17.9 Å². The van der Waals surface area contributed by atoms with Crippen LogP contribution in [0.5, 0.6) is 0 Å². The van der Waals surface area contributed by atoms with Gasteiger partial charge in [0.15, 0.2) is 6.10 Å². The van der Waals surface area contributed by atoms with Crippen molar-refractivity contribution in [1.29, 1.82) is 0 Å². The Morgan fingerprint density at radius 2 is 0.534 bits per heavy atom. The van der Waals surface area contributed by atoms with Gasteiger partial charge in [-0.15, -0.1) is 0 Å². The minimum Gasteiger partial charge on any atom is -0.462 e. The van der Waals surface area contributed by atoms with Crippen LogP contribution in [0.1, 0.15) is 329 Å². The van der Waals surface area contributed by atoms with Crippen molar-refractivity contribution in [2.75, 3.05) is 13.2 Å². The molecular weight excluding hydrogens is 901 g/mol. The number of unbranched alkanes of at least 4 members (excludes halogenated alkanes) is 37. The second kappa shape index (κ2) is 61.7. The smallest absolute Gasteiger partial charge is 0.306 e. The first-order chi connectivity index (χ1) is 36.0. The third-order valence-corrected chi connectivity index (χ3v) is 14.0. The van der Waals surface area contributed by atoms with Crippen LogP contribution in [0.15, 0.2) is 60.8 Å². The summed E-state index contributed by atoms with van der Waals surface area (Å²) < 4.78 is 16.9. The van der Waals surface area contributed by atoms with Crippen LogP contribution >= 0.6 is 0 Å². The summed E-state index contributed by atoms with van der Waals surface area (Å²) in [5, 5.41) is 0. The van der Waals surface area contributed by atoms with E-state index in [9.17, 15) is 14.4 Å². The van der Waals surface area contributed by atoms with Crippen molar-refractivity contribution in [2.45, 2.75) is 335 Å². The molecule has 0 spiro atoms. The molecule has 0 saturated carbocycles. The molecule has 0 fully saturated rings. The van der Waals surface area contributed by atoms with Crippen LogP contribution in [0.25, 0.3) is 0 Å². The second-order valence-electron chi connectivity index (χ2n) is 21.3. The minimum atomic E-state index is -0.766. The monoisotopic (exact) mass is 1020 g/mol. The van der Waals surface area contributed by atoms with E-state index in [1.54, 1.807) is 0 Å². The van der Waals surface area contributed by atoms with Crippen LogP contribution < -0.4 is 0 Å². The quantitative estimate of drug-likeness (QED) is 0.0261. The lowest BCUT2D eigenvalue weighted by atomic mass is 10.0. The maximum atomic E-state index is 12.8. The molecule has 0 aliphatic rings. The van der Waals surface area contributed by atoms with Gasteiger partial charge in [0.05, 0.1) is 0 Å². The molecule has 73 heavy (non-hydrogen) atoms. The highest BCUT2D eigenvalue weighted by atomic mass is 16.6. The van der Waals surface area contributed by atoms with E-state index in [0.717, 1.165) is 89.9 Å². The second-order valence-corrected chi connectivity index (χ2v) is 21.3. The summed E-state index contributed by atoms with van der Waals surface area (Å²) in [6, 6.07) is 0. The largest absolute Gasteiger partial charge is 0.462 e. The van der Waals surface area contributed by atoms with Crippen molar-refractivity contribution in [3.8, 4) is 0 Å². The number of ether oxygens (including phenoxy) is 3. The first-order valence-corrected chi connectivity index (χ1v) is 31.8. The van der Waals surface area contributed by atoms with E-state index in [-0.39, 0.29) is 31.1 Å². The molecule has 6 heteroatoms. The van der Waals surface area contributed by atoms with E-state index < -0.39 is 6.10 Å². The van der Waals surface area contributed by atoms with Gasteiger partial charge in [0, 0.05) is 19.3 Å². The molecule has 1 unspecified atom stereocenters. The molecule has 0 aromatic carbocycles. The fourth-order valence-corrected chi connectivity index (χ4v) is 9.30. The van der Waals surface area contributed by atoms with Crippen LogP contribution in [0, 0.1) is 0 Å². The number of esters is 3. The highest BCUT2D eigenvalue weighted by Gasteiger charge is 2.19. The molecule has 0 heterocycles. The van der Waals surface area contributed by atoms with Crippen molar-refractivity contribution in [1.82, 2.24) is 0 Å². The van der Waals surface area contributed by atoms with Crippen LogP contribution in [0.3, 0.4) is 0 Å². The Morgan fingerprint density at radius 1 is 0.288 bits per heavy atom. The molecule has 0 aromatic rings. The van der Waals surface area contributed by atoms with Crippen LogP contribution in [-0.4, -0.2) is 37.2 Å². The van der Waals surface area contributed by atoms with Gasteiger partial charge in [-0.25, -0.2) is 0 Å². The fourth-order valence-electron chi connectivity index (χ4n) is 9.30. The van der Waals surface area contributed by atoms with Gasteiger partial charge < -0.3 is 14.2 Å². The van der Waals surface area contributed by atoms with Gasteiger partial charge in [-0.2, -0.15) is 0 Å². The van der Waals surface area contributed by atoms with Gasteiger partial charge in [0.1, 0.15) is 13.2 Å². The summed E-state index contributed by atoms with van der Waals surface area (Å²) in [7, 11) is 0. The first-order valence-electron chi connectivity index (χ1n) is 31.8. The summed E-state index contributed by atoms with van der Waals surface area (Å²) in [6.07, 6.45) is 78.2. The van der Waals surface area contributed by atoms with Gasteiger partial charge in [-0.3, -0.25) is 14.4 Å². The third kappa shape index (κ3) is 59.9. The Balaban J connectivity index is 4.02. The maximum absolute atomic E-state index is 12.8. The topological polar surface area (TPSA) is 78.9 Å². The molecule has 0 rings (SSSR count). The Morgan fingerprint density at radius 3 is 0.836 bits per heavy atom. The van der Waals surface area contributed by atoms with Gasteiger partial charge in [0.2, 0.25) is 0 Å². The molecular formula is C67H120O6. The standard InChI is InChI=1S/C67H120O6/c1-4-7-10-13-16-19-22-24-25-26-27-28-29-30-31-32-33-34-35-36-37-38-39-40-41-42-43-44-46-48-51-54-57-60-66(69)72-63-64(62-71-65(68)59-56-53-50-47-21-18-15-12-9-6-3)73-67(70)61-58-55-52-49-45-23-20-17-14-11-8-5-2/h7,10,16,19,24-25,27-28,30-31,64H,4-6,8-9,11-15,17-18,20-23,26,29,32-63H2,1-3H3/b10-7-,19-16-,25-24-,28-27-,31-30-. The van der Waals surface area contributed by atoms with Crippen LogP contribution in [-0.2, 0) is 28.6 Å². The Hall–Kier alpha value is -2.89. The van der Waals surface area contributed by atoms with E-state index in [1.165, 1.54) is 199 Å². The molecule has 424 valence electrons. The maximum Gasteiger partial charge on any atom is 0.306 e. The van der Waals surface area contributed by atoms with E-state index in [0.29, 0.717) is 19.3 Å². The normalized spacial score (nSPS) is 12.4. The Kier molecular flexibility index (Phi) is 59.2. The number of rotatable bonds is 58. The lowest BCUT2D eigenvalue weighted by Gasteiger charge is -2.18. The van der Waals surface area contributed by atoms with Crippen molar-refractivity contribution in [3.63, 3.8) is 0 Å². The van der Waals surface area contributed by atoms with E-state index in [2.05, 4.69) is 81.5 Å². The van der Waals surface area contributed by atoms with E-state index in [1.807, 2.05) is 0 Å².